The summed E-state index contributed by atoms with van der Waals surface area (Å²) < 4.78 is 0. The minimum Gasteiger partial charge on any atom is -0.0582 e. The van der Waals surface area contributed by atoms with Crippen LogP contribution in [0.4, 0.5) is 0 Å². The van der Waals surface area contributed by atoms with Crippen LogP contribution >= 0.6 is 0 Å². The maximum absolute atomic E-state index is 2.42. The lowest BCUT2D eigenvalue weighted by molar-refractivity contribution is 0.442. The fraction of sp³-hybridized carbons (Fsp3) is 0.667. The van der Waals surface area contributed by atoms with Gasteiger partial charge in [-0.05, 0) is 60.3 Å². The highest BCUT2D eigenvalue weighted by Gasteiger charge is 2.22. The topological polar surface area (TPSA) is 0 Å². The first-order chi connectivity index (χ1) is 8.41. The molecular weight excluding hydrogens is 216 g/mol. The average Bonchev–Trinajstić information content (AvgIpc) is 2.32. The SMILES string of the molecule is Cc1c(C2CCCCC2)ccc(C(C)(C)C)c1C. The molecule has 0 spiro atoms. The number of hydrogen-bond acceptors (Lipinski definition) is 0. The Morgan fingerprint density at radius 3 is 2.06 bits per heavy atom. The molecule has 1 fully saturated rings. The molecular formula is C18H28. The van der Waals surface area contributed by atoms with Crippen molar-refractivity contribution in [3.05, 3.63) is 34.4 Å². The Labute approximate surface area is 113 Å². The largest absolute Gasteiger partial charge is 0.0582 e. The molecule has 0 saturated heterocycles. The summed E-state index contributed by atoms with van der Waals surface area (Å²) in [5, 5.41) is 0. The van der Waals surface area contributed by atoms with Crippen LogP contribution in [0.5, 0.6) is 0 Å². The molecule has 0 N–H and O–H groups in total. The number of benzene rings is 1. The molecule has 0 aliphatic heterocycles. The molecule has 100 valence electrons. The van der Waals surface area contributed by atoms with Crippen LogP contribution in [0, 0.1) is 13.8 Å². The Morgan fingerprint density at radius 2 is 1.50 bits per heavy atom. The molecule has 0 atom stereocenters. The van der Waals surface area contributed by atoms with Gasteiger partial charge in [0.1, 0.15) is 0 Å². The summed E-state index contributed by atoms with van der Waals surface area (Å²) in [6.45, 7) is 11.6. The number of rotatable bonds is 1. The quantitative estimate of drug-likeness (QED) is 0.599. The Hall–Kier alpha value is -0.780. The molecule has 0 aromatic heterocycles. The van der Waals surface area contributed by atoms with Crippen molar-refractivity contribution in [3.8, 4) is 0 Å². The summed E-state index contributed by atoms with van der Waals surface area (Å²) in [6.07, 6.45) is 7.08. The third-order valence-electron chi connectivity index (χ3n) is 4.68. The van der Waals surface area contributed by atoms with E-state index in [9.17, 15) is 0 Å². The van der Waals surface area contributed by atoms with Gasteiger partial charge in [0.2, 0.25) is 0 Å². The van der Waals surface area contributed by atoms with E-state index in [-0.39, 0.29) is 5.41 Å². The van der Waals surface area contributed by atoms with E-state index in [1.807, 2.05) is 0 Å². The highest BCUT2D eigenvalue weighted by molar-refractivity contribution is 5.44. The zero-order valence-electron chi connectivity index (χ0n) is 12.8. The molecule has 1 saturated carbocycles. The van der Waals surface area contributed by atoms with Gasteiger partial charge in [0.15, 0.2) is 0 Å². The van der Waals surface area contributed by atoms with E-state index in [4.69, 9.17) is 0 Å². The van der Waals surface area contributed by atoms with E-state index >= 15 is 0 Å². The summed E-state index contributed by atoms with van der Waals surface area (Å²) >= 11 is 0. The second kappa shape index (κ2) is 5.07. The van der Waals surface area contributed by atoms with Gasteiger partial charge in [0.05, 0.1) is 0 Å². The van der Waals surface area contributed by atoms with Gasteiger partial charge in [-0.15, -0.1) is 0 Å². The maximum atomic E-state index is 2.42. The third-order valence-corrected chi connectivity index (χ3v) is 4.68. The first-order valence-corrected chi connectivity index (χ1v) is 7.52. The van der Waals surface area contributed by atoms with Gasteiger partial charge in [0, 0.05) is 0 Å². The predicted molar refractivity (Wildman–Crippen MR) is 80.4 cm³/mol. The van der Waals surface area contributed by atoms with Crippen LogP contribution in [-0.2, 0) is 5.41 Å². The predicted octanol–water partition coefficient (Wildman–Crippen LogP) is 5.65. The molecule has 0 unspecified atom stereocenters. The molecule has 0 nitrogen and oxygen atoms in total. The Bertz CT molecular complexity index is 414. The zero-order chi connectivity index (χ0) is 13.3. The van der Waals surface area contributed by atoms with Gasteiger partial charge in [-0.25, -0.2) is 0 Å². The van der Waals surface area contributed by atoms with E-state index in [0.717, 1.165) is 5.92 Å². The fourth-order valence-electron chi connectivity index (χ4n) is 3.51. The van der Waals surface area contributed by atoms with Gasteiger partial charge in [-0.2, -0.15) is 0 Å². The highest BCUT2D eigenvalue weighted by Crippen LogP contribution is 2.37. The number of hydrogen-bond donors (Lipinski definition) is 0. The van der Waals surface area contributed by atoms with Gasteiger partial charge < -0.3 is 0 Å². The summed E-state index contributed by atoms with van der Waals surface area (Å²) in [7, 11) is 0. The summed E-state index contributed by atoms with van der Waals surface area (Å²) in [6, 6.07) is 4.80. The van der Waals surface area contributed by atoms with Gasteiger partial charge in [-0.3, -0.25) is 0 Å². The first-order valence-electron chi connectivity index (χ1n) is 7.52. The van der Waals surface area contributed by atoms with E-state index in [1.165, 1.54) is 43.2 Å². The molecule has 1 aliphatic carbocycles. The van der Waals surface area contributed by atoms with Crippen molar-refractivity contribution in [1.29, 1.82) is 0 Å². The van der Waals surface area contributed by atoms with Crippen LogP contribution in [0.3, 0.4) is 0 Å². The normalized spacial score (nSPS) is 18.1. The summed E-state index contributed by atoms with van der Waals surface area (Å²) in [4.78, 5) is 0. The van der Waals surface area contributed by atoms with Crippen LogP contribution in [0.25, 0.3) is 0 Å². The van der Waals surface area contributed by atoms with Crippen LogP contribution in [0.2, 0.25) is 0 Å². The lowest BCUT2D eigenvalue weighted by Gasteiger charge is -2.28. The van der Waals surface area contributed by atoms with Crippen LogP contribution < -0.4 is 0 Å². The van der Waals surface area contributed by atoms with E-state index in [1.54, 1.807) is 11.1 Å². The lowest BCUT2D eigenvalue weighted by atomic mass is 9.77. The van der Waals surface area contributed by atoms with Crippen molar-refractivity contribution in [3.63, 3.8) is 0 Å². The van der Waals surface area contributed by atoms with E-state index in [0.29, 0.717) is 0 Å². The van der Waals surface area contributed by atoms with Crippen LogP contribution in [0.1, 0.15) is 81.0 Å². The second-order valence-corrected chi connectivity index (χ2v) is 7.04. The average molecular weight is 244 g/mol. The van der Waals surface area contributed by atoms with E-state index in [2.05, 4.69) is 46.8 Å². The van der Waals surface area contributed by atoms with Crippen molar-refractivity contribution >= 4 is 0 Å². The van der Waals surface area contributed by atoms with Crippen molar-refractivity contribution in [2.75, 3.05) is 0 Å². The third kappa shape index (κ3) is 2.63. The lowest BCUT2D eigenvalue weighted by Crippen LogP contribution is -2.15. The van der Waals surface area contributed by atoms with Gasteiger partial charge in [-0.1, -0.05) is 52.2 Å². The molecule has 0 heterocycles. The van der Waals surface area contributed by atoms with E-state index < -0.39 is 0 Å². The molecule has 18 heavy (non-hydrogen) atoms. The summed E-state index contributed by atoms with van der Waals surface area (Å²) in [5.74, 6) is 0.825. The van der Waals surface area contributed by atoms with Crippen molar-refractivity contribution in [1.82, 2.24) is 0 Å². The van der Waals surface area contributed by atoms with Crippen molar-refractivity contribution < 1.29 is 0 Å². The first kappa shape index (κ1) is 13.6. The molecule has 2 rings (SSSR count). The molecule has 0 heteroatoms. The molecule has 1 aromatic rings. The minimum absolute atomic E-state index is 0.264. The molecule has 0 radical (unpaired) electrons. The van der Waals surface area contributed by atoms with Gasteiger partial charge >= 0.3 is 0 Å². The second-order valence-electron chi connectivity index (χ2n) is 7.04. The Kier molecular flexibility index (Phi) is 3.84. The van der Waals surface area contributed by atoms with Crippen LogP contribution in [-0.4, -0.2) is 0 Å². The van der Waals surface area contributed by atoms with Crippen molar-refractivity contribution in [2.24, 2.45) is 0 Å². The summed E-state index contributed by atoms with van der Waals surface area (Å²) in [5.41, 5.74) is 6.47. The van der Waals surface area contributed by atoms with Crippen molar-refractivity contribution in [2.45, 2.75) is 78.1 Å². The monoisotopic (exact) mass is 244 g/mol. The minimum atomic E-state index is 0.264. The Balaban J connectivity index is 2.37. The van der Waals surface area contributed by atoms with Gasteiger partial charge in [0.25, 0.3) is 0 Å². The Morgan fingerprint density at radius 1 is 0.889 bits per heavy atom. The highest BCUT2D eigenvalue weighted by atomic mass is 14.3. The zero-order valence-corrected chi connectivity index (χ0v) is 12.8. The molecule has 1 aromatic carbocycles. The molecule has 1 aliphatic rings. The standard InChI is InChI=1S/C18H28/c1-13-14(2)17(18(3,4)5)12-11-16(13)15-9-7-6-8-10-15/h11-12,15H,6-10H2,1-5H3. The fourth-order valence-corrected chi connectivity index (χ4v) is 3.51. The van der Waals surface area contributed by atoms with Crippen LogP contribution in [0.15, 0.2) is 12.1 Å². The smallest absolute Gasteiger partial charge is 0.0129 e. The molecule has 0 amide bonds. The molecule has 0 bridgehead atoms. The maximum Gasteiger partial charge on any atom is -0.0129 e.